The molecule has 0 amide bonds. The minimum atomic E-state index is -4.81. The second kappa shape index (κ2) is 34.3. The number of ether oxygens (including phenoxy) is 2. The van der Waals surface area contributed by atoms with Crippen LogP contribution in [-0.2, 0) is 19.6 Å². The summed E-state index contributed by atoms with van der Waals surface area (Å²) < 4.78 is 45.6. The van der Waals surface area contributed by atoms with E-state index in [0.717, 1.165) is 69.6 Å². The third-order valence-electron chi connectivity index (χ3n) is 9.02. The molecule has 0 fully saturated rings. The van der Waals surface area contributed by atoms with E-state index in [1.54, 1.807) is 0 Å². The molecule has 7 nitrogen and oxygen atoms in total. The molecular weight excluding hydrogens is 672 g/mol. The molecule has 0 radical (unpaired) electrons. The Kier molecular flexibility index (Phi) is 33.4. The molecule has 0 bridgehead atoms. The number of hydrogen-bond acceptors (Lipinski definition) is 7. The van der Waals surface area contributed by atoms with Gasteiger partial charge in [-0.25, -0.2) is 18.0 Å². The fraction of sp³-hybridized carbons (Fsp3) is 0.714. The van der Waals surface area contributed by atoms with Crippen molar-refractivity contribution in [3.05, 3.63) is 53.6 Å². The zero-order chi connectivity index (χ0) is 36.5. The van der Waals surface area contributed by atoms with E-state index < -0.39 is 27.0 Å². The van der Waals surface area contributed by atoms with Crippen molar-refractivity contribution in [2.75, 3.05) is 13.2 Å². The zero-order valence-corrected chi connectivity index (χ0v) is 35.4. The summed E-state index contributed by atoms with van der Waals surface area (Å²) in [6.07, 6.45) is 39.3. The van der Waals surface area contributed by atoms with Gasteiger partial charge >= 0.3 is 41.5 Å². The van der Waals surface area contributed by atoms with Gasteiger partial charge in [-0.15, -0.1) is 0 Å². The van der Waals surface area contributed by atoms with Gasteiger partial charge in [0, 0.05) is 0 Å². The monoisotopic (exact) mass is 740 g/mol. The first-order valence-electron chi connectivity index (χ1n) is 20.0. The smallest absolute Gasteiger partial charge is 0.744 e. The van der Waals surface area contributed by atoms with Crippen LogP contribution in [0.15, 0.2) is 47.4 Å². The maximum Gasteiger partial charge on any atom is 1.00 e. The molecule has 0 aliphatic carbocycles. The van der Waals surface area contributed by atoms with Crippen molar-refractivity contribution in [1.29, 1.82) is 0 Å². The van der Waals surface area contributed by atoms with E-state index >= 15 is 0 Å². The molecule has 1 aromatic rings. The van der Waals surface area contributed by atoms with E-state index in [0.29, 0.717) is 12.8 Å². The Balaban J connectivity index is 0.0000250. The average molecular weight is 741 g/mol. The average Bonchev–Trinajstić information content (AvgIpc) is 3.10. The first-order chi connectivity index (χ1) is 24.3. The van der Waals surface area contributed by atoms with Gasteiger partial charge in [0.15, 0.2) is 0 Å². The first kappa shape index (κ1) is 49.6. The molecule has 0 aromatic heterocycles. The molecule has 1 aromatic carbocycles. The molecule has 0 atom stereocenters. The van der Waals surface area contributed by atoms with Crippen molar-refractivity contribution in [3.63, 3.8) is 0 Å². The molecule has 9 heteroatoms. The Labute approximate surface area is 334 Å². The van der Waals surface area contributed by atoms with Crippen molar-refractivity contribution >= 4 is 22.1 Å². The fourth-order valence-electron chi connectivity index (χ4n) is 5.99. The largest absolute Gasteiger partial charge is 1.00 e. The number of benzene rings is 1. The molecule has 0 saturated heterocycles. The number of carbonyl (C=O) groups excluding carboxylic acids is 2. The van der Waals surface area contributed by atoms with Crippen molar-refractivity contribution in [3.8, 4) is 0 Å². The van der Waals surface area contributed by atoms with Crippen LogP contribution >= 0.6 is 0 Å². The normalized spacial score (nSPS) is 11.7. The van der Waals surface area contributed by atoms with Crippen LogP contribution in [0, 0.1) is 0 Å². The van der Waals surface area contributed by atoms with Crippen LogP contribution in [0.25, 0.3) is 0 Å². The Morgan fingerprint density at radius 2 is 0.863 bits per heavy atom. The molecule has 0 spiro atoms. The van der Waals surface area contributed by atoms with Crippen molar-refractivity contribution in [2.24, 2.45) is 0 Å². The summed E-state index contributed by atoms with van der Waals surface area (Å²) in [4.78, 5) is 25.1. The predicted octanol–water partition coefficient (Wildman–Crippen LogP) is 9.20. The molecule has 51 heavy (non-hydrogen) atoms. The summed E-state index contributed by atoms with van der Waals surface area (Å²) >= 11 is 0. The van der Waals surface area contributed by atoms with Gasteiger partial charge in [-0.1, -0.05) is 154 Å². The van der Waals surface area contributed by atoms with E-state index in [9.17, 15) is 22.6 Å². The molecule has 0 aliphatic rings. The van der Waals surface area contributed by atoms with Gasteiger partial charge in [0.1, 0.15) is 10.1 Å². The van der Waals surface area contributed by atoms with Gasteiger partial charge in [0.2, 0.25) is 0 Å². The minimum absolute atomic E-state index is 0. The predicted molar refractivity (Wildman–Crippen MR) is 205 cm³/mol. The Hall–Kier alpha value is -1.45. The molecule has 0 aliphatic heterocycles. The van der Waals surface area contributed by atoms with Gasteiger partial charge in [-0.2, -0.15) is 0 Å². The Bertz CT molecular complexity index is 1180. The van der Waals surface area contributed by atoms with Crippen molar-refractivity contribution in [1.82, 2.24) is 0 Å². The Morgan fingerprint density at radius 3 is 1.22 bits per heavy atom. The van der Waals surface area contributed by atoms with E-state index in [2.05, 4.69) is 38.2 Å². The van der Waals surface area contributed by atoms with Crippen LogP contribution in [0.2, 0.25) is 0 Å². The second-order valence-corrected chi connectivity index (χ2v) is 14.9. The summed E-state index contributed by atoms with van der Waals surface area (Å²) in [5, 5.41) is 0. The summed E-state index contributed by atoms with van der Waals surface area (Å²) in [6.45, 7) is 4.70. The molecule has 0 heterocycles. The number of unbranched alkanes of at least 4 members (excludes halogenated alkanes) is 22. The number of allylic oxidation sites excluding steroid dienone is 4. The SMILES string of the molecule is CC/C=C/CCCCCCCCCCCCCOC(=O)c1ccc(S(=O)(=O)[O-])cc1C(=O)OCCCCCCCCCCCCC/C=C/CC.[Na+]. The van der Waals surface area contributed by atoms with Crippen LogP contribution in [-0.4, -0.2) is 38.1 Å². The third kappa shape index (κ3) is 27.8. The Morgan fingerprint density at radius 1 is 0.529 bits per heavy atom. The summed E-state index contributed by atoms with van der Waals surface area (Å²) in [6, 6.07) is 3.13. The topological polar surface area (TPSA) is 110 Å². The molecular formula is C42H69NaO7S. The number of rotatable bonds is 33. The quantitative estimate of drug-likeness (QED) is 0.0232. The standard InChI is InChI=1S/C42H70O7S.Na/c1-3-5-7-9-11-13-15-17-19-21-23-25-27-29-31-35-48-41(43)39-34-33-38(50(45,46)47)37-40(39)42(44)49-36-32-30-28-26-24-22-20-18-16-14-12-10-8-6-4-2;/h5-8,33-34,37H,3-4,9-32,35-36H2,1-2H3,(H,45,46,47);/q;+1/p-1/b7-5+,8-6+;. The maximum atomic E-state index is 12.9. The van der Waals surface area contributed by atoms with Crippen LogP contribution < -0.4 is 29.6 Å². The number of hydrogen-bond donors (Lipinski definition) is 0. The third-order valence-corrected chi connectivity index (χ3v) is 9.85. The van der Waals surface area contributed by atoms with Gasteiger partial charge in [0.25, 0.3) is 0 Å². The first-order valence-corrected chi connectivity index (χ1v) is 21.5. The fourth-order valence-corrected chi connectivity index (χ4v) is 6.49. The van der Waals surface area contributed by atoms with Crippen LogP contribution in [0.1, 0.15) is 202 Å². The van der Waals surface area contributed by atoms with Crippen molar-refractivity contribution < 1.29 is 61.6 Å². The molecule has 0 unspecified atom stereocenters. The van der Waals surface area contributed by atoms with Gasteiger partial charge in [-0.05, 0) is 69.6 Å². The molecule has 0 saturated carbocycles. The second-order valence-electron chi connectivity index (χ2n) is 13.5. The van der Waals surface area contributed by atoms with Crippen LogP contribution in [0.5, 0.6) is 0 Å². The van der Waals surface area contributed by atoms with Crippen LogP contribution in [0.3, 0.4) is 0 Å². The van der Waals surface area contributed by atoms with E-state index in [1.807, 2.05) is 0 Å². The van der Waals surface area contributed by atoms with E-state index in [4.69, 9.17) is 9.47 Å². The summed E-state index contributed by atoms with van der Waals surface area (Å²) in [7, 11) is -4.81. The van der Waals surface area contributed by atoms with E-state index in [-0.39, 0.29) is 53.9 Å². The molecule has 286 valence electrons. The molecule has 1 rings (SSSR count). The number of carbonyl (C=O) groups is 2. The summed E-state index contributed by atoms with van der Waals surface area (Å²) in [5.74, 6) is -1.55. The zero-order valence-electron chi connectivity index (χ0n) is 32.6. The maximum absolute atomic E-state index is 12.9. The van der Waals surface area contributed by atoms with Gasteiger partial charge in [-0.3, -0.25) is 0 Å². The van der Waals surface area contributed by atoms with E-state index in [1.165, 1.54) is 103 Å². The van der Waals surface area contributed by atoms with Crippen LogP contribution in [0.4, 0.5) is 0 Å². The minimum Gasteiger partial charge on any atom is -0.744 e. The summed E-state index contributed by atoms with van der Waals surface area (Å²) in [5.41, 5.74) is -0.342. The number of esters is 2. The molecule has 0 N–H and O–H groups in total. The van der Waals surface area contributed by atoms with Gasteiger partial charge < -0.3 is 14.0 Å². The van der Waals surface area contributed by atoms with Gasteiger partial charge in [0.05, 0.1) is 29.2 Å². The van der Waals surface area contributed by atoms with Crippen molar-refractivity contribution in [2.45, 2.75) is 186 Å².